The Kier molecular flexibility index (Phi) is 11.4. The molecule has 1 aliphatic heterocycles. The minimum Gasteiger partial charge on any atom is -0.373 e. The van der Waals surface area contributed by atoms with Crippen LogP contribution in [0.25, 0.3) is 0 Å². The van der Waals surface area contributed by atoms with Crippen molar-refractivity contribution in [3.63, 3.8) is 0 Å². The van der Waals surface area contributed by atoms with Crippen molar-refractivity contribution in [1.82, 2.24) is 15.5 Å². The molecule has 0 saturated carbocycles. The molecule has 0 radical (unpaired) electrons. The van der Waals surface area contributed by atoms with Crippen molar-refractivity contribution in [3.05, 3.63) is 0 Å². The lowest BCUT2D eigenvalue weighted by Crippen LogP contribution is -2.59. The second kappa shape index (κ2) is 11.5. The van der Waals surface area contributed by atoms with E-state index in [9.17, 15) is 0 Å². The topological polar surface area (TPSA) is 48.9 Å². The van der Waals surface area contributed by atoms with E-state index < -0.39 is 0 Å². The number of morpholine rings is 1. The number of nitrogens with one attached hydrogen (secondary N) is 2. The van der Waals surface area contributed by atoms with E-state index >= 15 is 0 Å². The summed E-state index contributed by atoms with van der Waals surface area (Å²) in [5.74, 6) is 0.901. The summed E-state index contributed by atoms with van der Waals surface area (Å²) in [7, 11) is 1.83. The maximum atomic E-state index is 5.84. The van der Waals surface area contributed by atoms with Crippen LogP contribution in [0.1, 0.15) is 53.9 Å². The first kappa shape index (κ1) is 22.9. The van der Waals surface area contributed by atoms with Gasteiger partial charge in [0.15, 0.2) is 5.96 Å². The van der Waals surface area contributed by atoms with Crippen molar-refractivity contribution in [1.29, 1.82) is 0 Å². The van der Waals surface area contributed by atoms with E-state index in [1.54, 1.807) is 0 Å². The molecule has 23 heavy (non-hydrogen) atoms. The lowest BCUT2D eigenvalue weighted by molar-refractivity contribution is -0.0946. The molecule has 2 unspecified atom stereocenters. The van der Waals surface area contributed by atoms with Gasteiger partial charge in [-0.25, -0.2) is 0 Å². The van der Waals surface area contributed by atoms with Gasteiger partial charge in [0.05, 0.1) is 12.2 Å². The number of ether oxygens (including phenoxy) is 1. The van der Waals surface area contributed by atoms with Crippen LogP contribution in [0, 0.1) is 0 Å². The van der Waals surface area contributed by atoms with Gasteiger partial charge in [0.2, 0.25) is 0 Å². The van der Waals surface area contributed by atoms with Crippen molar-refractivity contribution in [2.75, 3.05) is 33.2 Å². The van der Waals surface area contributed by atoms with Gasteiger partial charge < -0.3 is 15.4 Å². The Labute approximate surface area is 160 Å². The van der Waals surface area contributed by atoms with Crippen LogP contribution in [-0.2, 0) is 4.74 Å². The molecule has 0 aliphatic carbocycles. The third-order valence-corrected chi connectivity index (χ3v) is 4.26. The molecule has 6 heteroatoms. The minimum absolute atomic E-state index is 0. The first-order chi connectivity index (χ1) is 10.4. The van der Waals surface area contributed by atoms with Crippen molar-refractivity contribution >= 4 is 29.9 Å². The lowest BCUT2D eigenvalue weighted by Gasteiger charge is -2.45. The van der Waals surface area contributed by atoms with Crippen LogP contribution in [-0.4, -0.2) is 61.8 Å². The zero-order valence-electron chi connectivity index (χ0n) is 15.8. The Hall–Kier alpha value is -0.0800. The molecule has 1 heterocycles. The van der Waals surface area contributed by atoms with E-state index in [2.05, 4.69) is 55.1 Å². The Bertz CT molecular complexity index is 339. The van der Waals surface area contributed by atoms with Crippen LogP contribution in [0.2, 0.25) is 0 Å². The first-order valence-corrected chi connectivity index (χ1v) is 8.74. The van der Waals surface area contributed by atoms with Gasteiger partial charge in [-0.05, 0) is 34.1 Å². The van der Waals surface area contributed by atoms with Crippen LogP contribution in [0.4, 0.5) is 0 Å². The SMILES string of the molecule is CCCCCNC(=NC)NCC(C)(C)N1CC(C)OC(C)C1.I. The third-order valence-electron chi connectivity index (χ3n) is 4.26. The summed E-state index contributed by atoms with van der Waals surface area (Å²) in [6, 6.07) is 0. The van der Waals surface area contributed by atoms with Crippen molar-refractivity contribution in [3.8, 4) is 0 Å². The van der Waals surface area contributed by atoms with Gasteiger partial charge in [-0.2, -0.15) is 0 Å². The highest BCUT2D eigenvalue weighted by Crippen LogP contribution is 2.20. The molecule has 1 aliphatic rings. The fourth-order valence-corrected chi connectivity index (χ4v) is 2.89. The molecule has 0 aromatic rings. The highest BCUT2D eigenvalue weighted by Gasteiger charge is 2.33. The number of rotatable bonds is 7. The zero-order valence-corrected chi connectivity index (χ0v) is 18.1. The Morgan fingerprint density at radius 1 is 1.17 bits per heavy atom. The van der Waals surface area contributed by atoms with Crippen LogP contribution in [0.5, 0.6) is 0 Å². The van der Waals surface area contributed by atoms with Crippen LogP contribution in [0.3, 0.4) is 0 Å². The Balaban J connectivity index is 0.00000484. The average molecular weight is 440 g/mol. The maximum absolute atomic E-state index is 5.84. The molecule has 0 spiro atoms. The molecule has 2 N–H and O–H groups in total. The monoisotopic (exact) mass is 440 g/mol. The van der Waals surface area contributed by atoms with Gasteiger partial charge in [0, 0.05) is 38.8 Å². The Morgan fingerprint density at radius 2 is 1.78 bits per heavy atom. The normalized spacial score (nSPS) is 23.3. The molecule has 1 saturated heterocycles. The Morgan fingerprint density at radius 3 is 2.30 bits per heavy atom. The molecule has 1 fully saturated rings. The van der Waals surface area contributed by atoms with E-state index in [4.69, 9.17) is 4.74 Å². The minimum atomic E-state index is 0. The average Bonchev–Trinajstić information content (AvgIpc) is 2.45. The molecule has 2 atom stereocenters. The number of unbranched alkanes of at least 4 members (excludes halogenated alkanes) is 2. The van der Waals surface area contributed by atoms with Gasteiger partial charge in [-0.3, -0.25) is 9.89 Å². The van der Waals surface area contributed by atoms with E-state index in [-0.39, 0.29) is 29.5 Å². The maximum Gasteiger partial charge on any atom is 0.191 e. The quantitative estimate of drug-likeness (QED) is 0.277. The molecule has 0 aromatic heterocycles. The lowest BCUT2D eigenvalue weighted by atomic mass is 10.00. The summed E-state index contributed by atoms with van der Waals surface area (Å²) in [5.41, 5.74) is 0.0767. The molecular formula is C17H37IN4O. The van der Waals surface area contributed by atoms with Gasteiger partial charge >= 0.3 is 0 Å². The van der Waals surface area contributed by atoms with Crippen molar-refractivity contribution in [2.45, 2.75) is 71.6 Å². The molecule has 0 aromatic carbocycles. The van der Waals surface area contributed by atoms with Gasteiger partial charge in [0.1, 0.15) is 0 Å². The number of hydrogen-bond acceptors (Lipinski definition) is 3. The summed E-state index contributed by atoms with van der Waals surface area (Å²) < 4.78 is 5.84. The number of hydrogen-bond donors (Lipinski definition) is 2. The fraction of sp³-hybridized carbons (Fsp3) is 0.941. The summed E-state index contributed by atoms with van der Waals surface area (Å²) >= 11 is 0. The number of nitrogens with zero attached hydrogens (tertiary/aromatic N) is 2. The van der Waals surface area contributed by atoms with Gasteiger partial charge in [-0.1, -0.05) is 19.8 Å². The van der Waals surface area contributed by atoms with Crippen molar-refractivity contribution in [2.24, 2.45) is 4.99 Å². The van der Waals surface area contributed by atoms with Crippen LogP contribution in [0.15, 0.2) is 4.99 Å². The van der Waals surface area contributed by atoms with E-state index in [1.165, 1.54) is 19.3 Å². The third kappa shape index (κ3) is 8.54. The smallest absolute Gasteiger partial charge is 0.191 e. The first-order valence-electron chi connectivity index (χ1n) is 8.74. The molecule has 0 bridgehead atoms. The predicted molar refractivity (Wildman–Crippen MR) is 110 cm³/mol. The second-order valence-corrected chi connectivity index (χ2v) is 7.03. The second-order valence-electron chi connectivity index (χ2n) is 7.03. The number of halogens is 1. The summed E-state index contributed by atoms with van der Waals surface area (Å²) in [6.07, 6.45) is 4.30. The molecule has 138 valence electrons. The molecule has 5 nitrogen and oxygen atoms in total. The van der Waals surface area contributed by atoms with Gasteiger partial charge in [-0.15, -0.1) is 24.0 Å². The number of guanidine groups is 1. The summed E-state index contributed by atoms with van der Waals surface area (Å²) in [4.78, 5) is 6.83. The van der Waals surface area contributed by atoms with Crippen LogP contribution >= 0.6 is 24.0 Å². The van der Waals surface area contributed by atoms with Crippen LogP contribution < -0.4 is 10.6 Å². The van der Waals surface area contributed by atoms with Crippen molar-refractivity contribution < 1.29 is 4.74 Å². The predicted octanol–water partition coefficient (Wildman–Crippen LogP) is 2.85. The zero-order chi connectivity index (χ0) is 16.6. The summed E-state index contributed by atoms with van der Waals surface area (Å²) in [5, 5.41) is 6.86. The standard InChI is InChI=1S/C17H36N4O.HI/c1-7-8-9-10-19-16(18-6)20-13-17(4,5)21-11-14(2)22-15(3)12-21;/h14-15H,7-13H2,1-6H3,(H2,18,19,20);1H. The van der Waals surface area contributed by atoms with E-state index in [0.717, 1.165) is 32.1 Å². The molecular weight excluding hydrogens is 403 g/mol. The molecule has 0 amide bonds. The highest BCUT2D eigenvalue weighted by molar-refractivity contribution is 14.0. The largest absolute Gasteiger partial charge is 0.373 e. The highest BCUT2D eigenvalue weighted by atomic mass is 127. The van der Waals surface area contributed by atoms with E-state index in [0.29, 0.717) is 12.2 Å². The van der Waals surface area contributed by atoms with Gasteiger partial charge in [0.25, 0.3) is 0 Å². The number of aliphatic imine (C=N–C) groups is 1. The molecule has 1 rings (SSSR count). The fourth-order valence-electron chi connectivity index (χ4n) is 2.89. The van der Waals surface area contributed by atoms with E-state index in [1.807, 2.05) is 7.05 Å². The summed E-state index contributed by atoms with van der Waals surface area (Å²) in [6.45, 7) is 14.9.